The van der Waals surface area contributed by atoms with Gasteiger partial charge in [0.25, 0.3) is 5.91 Å². The van der Waals surface area contributed by atoms with Gasteiger partial charge >= 0.3 is 0 Å². The van der Waals surface area contributed by atoms with Gasteiger partial charge in [-0.3, -0.25) is 14.5 Å². The zero-order valence-electron chi connectivity index (χ0n) is 16.2. The summed E-state index contributed by atoms with van der Waals surface area (Å²) in [7, 11) is 1.67. The maximum absolute atomic E-state index is 12.4. The second kappa shape index (κ2) is 9.66. The maximum Gasteiger partial charge on any atom is 0.265 e. The highest BCUT2D eigenvalue weighted by atomic mass is 32.1. The van der Waals surface area contributed by atoms with Crippen LogP contribution in [-0.4, -0.2) is 50.2 Å². The van der Waals surface area contributed by atoms with Crippen LogP contribution in [0, 0.1) is 0 Å². The number of nitrogens with one attached hydrogen (secondary N) is 1. The molecule has 0 saturated heterocycles. The summed E-state index contributed by atoms with van der Waals surface area (Å²) in [4.78, 5) is 30.7. The summed E-state index contributed by atoms with van der Waals surface area (Å²) in [5, 5.41) is 5.84. The van der Waals surface area contributed by atoms with Crippen molar-refractivity contribution in [3.05, 3.63) is 28.6 Å². The molecule has 2 amide bonds. The van der Waals surface area contributed by atoms with Crippen LogP contribution in [0.4, 0.5) is 5.69 Å². The zero-order valence-corrected chi connectivity index (χ0v) is 17.0. The number of nitrogens with zero attached hydrogens (tertiary/aromatic N) is 2. The fraction of sp³-hybridized carbons (Fsp3) is 0.450. The number of ether oxygens (including phenoxy) is 2. The molecular formula is C20H25N3O4S. The molecular weight excluding hydrogens is 378 g/mol. The van der Waals surface area contributed by atoms with Gasteiger partial charge in [0.15, 0.2) is 6.61 Å². The van der Waals surface area contributed by atoms with Gasteiger partial charge in [-0.05, 0) is 24.6 Å². The fourth-order valence-electron chi connectivity index (χ4n) is 2.89. The number of unbranched alkanes of at least 4 members (excludes halogenated alkanes) is 1. The van der Waals surface area contributed by atoms with Gasteiger partial charge < -0.3 is 14.8 Å². The number of carbonyl (C=O) groups excluding carboxylic acids is 2. The highest BCUT2D eigenvalue weighted by molar-refractivity contribution is 7.09. The van der Waals surface area contributed by atoms with Gasteiger partial charge in [-0.15, -0.1) is 11.3 Å². The number of aromatic nitrogens is 1. The van der Waals surface area contributed by atoms with E-state index in [0.717, 1.165) is 35.5 Å². The van der Waals surface area contributed by atoms with E-state index in [1.54, 1.807) is 18.4 Å². The first-order valence-corrected chi connectivity index (χ1v) is 10.3. The van der Waals surface area contributed by atoms with Gasteiger partial charge in [0.05, 0.1) is 23.0 Å². The molecule has 0 fully saturated rings. The van der Waals surface area contributed by atoms with E-state index in [1.807, 2.05) is 23.6 Å². The summed E-state index contributed by atoms with van der Waals surface area (Å²) in [5.41, 5.74) is 2.32. The summed E-state index contributed by atoms with van der Waals surface area (Å²) in [5.74, 6) is 0.199. The Morgan fingerprint density at radius 1 is 1.43 bits per heavy atom. The average molecular weight is 404 g/mol. The smallest absolute Gasteiger partial charge is 0.265 e. The lowest BCUT2D eigenvalue weighted by molar-refractivity contribution is -0.125. The predicted octanol–water partition coefficient (Wildman–Crippen LogP) is 2.64. The quantitative estimate of drug-likeness (QED) is 0.651. The van der Waals surface area contributed by atoms with Crippen molar-refractivity contribution in [3.63, 3.8) is 0 Å². The maximum atomic E-state index is 12.4. The van der Waals surface area contributed by atoms with Crippen molar-refractivity contribution in [2.45, 2.75) is 26.2 Å². The molecule has 0 spiro atoms. The van der Waals surface area contributed by atoms with Gasteiger partial charge in [0, 0.05) is 31.0 Å². The third-order valence-corrected chi connectivity index (χ3v) is 5.33. The van der Waals surface area contributed by atoms with Gasteiger partial charge in [0.2, 0.25) is 5.91 Å². The Hall–Kier alpha value is -2.45. The number of amides is 2. The lowest BCUT2D eigenvalue weighted by atomic mass is 10.1. The Labute approximate surface area is 168 Å². The van der Waals surface area contributed by atoms with Crippen molar-refractivity contribution in [2.75, 3.05) is 38.3 Å². The van der Waals surface area contributed by atoms with E-state index >= 15 is 0 Å². The number of thiazole rings is 1. The van der Waals surface area contributed by atoms with Gasteiger partial charge in [-0.2, -0.15) is 0 Å². The van der Waals surface area contributed by atoms with Gasteiger partial charge in [-0.25, -0.2) is 4.98 Å². The van der Waals surface area contributed by atoms with Crippen LogP contribution in [0.25, 0.3) is 11.3 Å². The number of carbonyl (C=O) groups is 2. The summed E-state index contributed by atoms with van der Waals surface area (Å²) in [6, 6.07) is 5.61. The highest BCUT2D eigenvalue weighted by Gasteiger charge is 2.28. The second-order valence-electron chi connectivity index (χ2n) is 6.52. The molecule has 0 aliphatic carbocycles. The van der Waals surface area contributed by atoms with E-state index in [4.69, 9.17) is 9.47 Å². The molecule has 0 unspecified atom stereocenters. The number of fused-ring (bicyclic) bond motifs is 1. The molecule has 1 aromatic heterocycles. The molecule has 1 aliphatic heterocycles. The van der Waals surface area contributed by atoms with Crippen LogP contribution in [0.3, 0.4) is 0 Å². The van der Waals surface area contributed by atoms with Crippen molar-refractivity contribution in [2.24, 2.45) is 0 Å². The monoisotopic (exact) mass is 403 g/mol. The summed E-state index contributed by atoms with van der Waals surface area (Å²) >= 11 is 1.58. The first kappa shape index (κ1) is 20.3. The Morgan fingerprint density at radius 3 is 3.07 bits per heavy atom. The van der Waals surface area contributed by atoms with Crippen molar-refractivity contribution >= 4 is 28.8 Å². The molecule has 7 nitrogen and oxygen atoms in total. The number of benzene rings is 1. The largest absolute Gasteiger partial charge is 0.482 e. The van der Waals surface area contributed by atoms with E-state index in [-0.39, 0.29) is 25.0 Å². The molecule has 1 aromatic carbocycles. The highest BCUT2D eigenvalue weighted by Crippen LogP contribution is 2.36. The lowest BCUT2D eigenvalue weighted by Gasteiger charge is -2.29. The molecule has 0 radical (unpaired) electrons. The van der Waals surface area contributed by atoms with Crippen LogP contribution in [0.1, 0.15) is 24.8 Å². The predicted molar refractivity (Wildman–Crippen MR) is 109 cm³/mol. The number of hydrogen-bond acceptors (Lipinski definition) is 6. The molecule has 28 heavy (non-hydrogen) atoms. The van der Waals surface area contributed by atoms with Gasteiger partial charge in [-0.1, -0.05) is 13.3 Å². The minimum absolute atomic E-state index is 0.0154. The third-order valence-electron chi connectivity index (χ3n) is 4.42. The van der Waals surface area contributed by atoms with E-state index in [1.165, 1.54) is 4.90 Å². The van der Waals surface area contributed by atoms with Crippen LogP contribution >= 0.6 is 11.3 Å². The lowest BCUT2D eigenvalue weighted by Crippen LogP contribution is -2.45. The van der Waals surface area contributed by atoms with E-state index in [0.29, 0.717) is 24.6 Å². The van der Waals surface area contributed by atoms with E-state index in [2.05, 4.69) is 17.2 Å². The normalized spacial score (nSPS) is 13.2. The Bertz CT molecular complexity index is 837. The molecule has 0 atom stereocenters. The number of anilines is 1. The first-order chi connectivity index (χ1) is 13.6. The molecule has 1 N–H and O–H groups in total. The van der Waals surface area contributed by atoms with Crippen LogP contribution in [-0.2, 0) is 20.7 Å². The van der Waals surface area contributed by atoms with Crippen molar-refractivity contribution in [1.82, 2.24) is 10.3 Å². The second-order valence-corrected chi connectivity index (χ2v) is 7.47. The molecule has 0 saturated carbocycles. The zero-order chi connectivity index (χ0) is 19.9. The fourth-order valence-corrected chi connectivity index (χ4v) is 3.68. The minimum atomic E-state index is -0.227. The molecule has 1 aliphatic rings. The SMILES string of the molecule is CCCCNC(=O)CN1C(=O)COc2ccc(-c3csc(CCOC)n3)cc21. The van der Waals surface area contributed by atoms with E-state index < -0.39 is 0 Å². The molecule has 3 rings (SSSR count). The summed E-state index contributed by atoms with van der Waals surface area (Å²) < 4.78 is 10.6. The minimum Gasteiger partial charge on any atom is -0.482 e. The Kier molecular flexibility index (Phi) is 7.00. The van der Waals surface area contributed by atoms with Crippen LogP contribution < -0.4 is 15.0 Å². The topological polar surface area (TPSA) is 80.8 Å². The summed E-state index contributed by atoms with van der Waals surface area (Å²) in [6.45, 7) is 3.23. The van der Waals surface area contributed by atoms with Crippen molar-refractivity contribution in [1.29, 1.82) is 0 Å². The van der Waals surface area contributed by atoms with Gasteiger partial charge in [0.1, 0.15) is 12.3 Å². The Morgan fingerprint density at radius 2 is 2.29 bits per heavy atom. The summed E-state index contributed by atoms with van der Waals surface area (Å²) in [6.07, 6.45) is 2.68. The van der Waals surface area contributed by atoms with Crippen LogP contribution in [0.15, 0.2) is 23.6 Å². The third kappa shape index (κ3) is 4.88. The van der Waals surface area contributed by atoms with Crippen LogP contribution in [0.2, 0.25) is 0 Å². The molecule has 2 heterocycles. The first-order valence-electron chi connectivity index (χ1n) is 9.40. The molecule has 0 bridgehead atoms. The number of methoxy groups -OCH3 is 1. The number of rotatable bonds is 9. The van der Waals surface area contributed by atoms with E-state index in [9.17, 15) is 9.59 Å². The average Bonchev–Trinajstić information content (AvgIpc) is 3.17. The van der Waals surface area contributed by atoms with Crippen LogP contribution in [0.5, 0.6) is 5.75 Å². The standard InChI is InChI=1S/C20H25N3O4S/c1-3-4-8-21-18(24)11-23-16-10-14(5-6-17(16)27-12-20(23)25)15-13-28-19(22-15)7-9-26-2/h5-6,10,13H,3-4,7-9,11-12H2,1-2H3,(H,21,24). The van der Waals surface area contributed by atoms with Crippen molar-refractivity contribution in [3.8, 4) is 17.0 Å². The van der Waals surface area contributed by atoms with Crippen molar-refractivity contribution < 1.29 is 19.1 Å². The molecule has 2 aromatic rings. The molecule has 8 heteroatoms. The Balaban J connectivity index is 1.79. The number of hydrogen-bond donors (Lipinski definition) is 1. The molecule has 150 valence electrons.